The molecule has 9 nitrogen and oxygen atoms in total. The lowest BCUT2D eigenvalue weighted by atomic mass is 10.2. The van der Waals surface area contributed by atoms with E-state index in [4.69, 9.17) is 10.6 Å². The van der Waals surface area contributed by atoms with Gasteiger partial charge in [0.1, 0.15) is 5.69 Å². The van der Waals surface area contributed by atoms with Crippen LogP contribution in [0, 0.1) is 17.0 Å². The van der Waals surface area contributed by atoms with Crippen LogP contribution in [0.5, 0.6) is 0 Å². The highest BCUT2D eigenvalue weighted by Gasteiger charge is 2.30. The van der Waals surface area contributed by atoms with E-state index in [1.807, 2.05) is 0 Å². The van der Waals surface area contributed by atoms with Gasteiger partial charge in [0.25, 0.3) is 0 Å². The van der Waals surface area contributed by atoms with Crippen LogP contribution in [-0.4, -0.2) is 41.2 Å². The summed E-state index contributed by atoms with van der Waals surface area (Å²) in [5.74, 6) is 5.69. The average Bonchev–Trinajstić information content (AvgIpc) is 2.90. The standard InChI is InChI=1S/C10H16N6O3/c1-6-8(16(17)18)9(13-10(12-6)14-11)15(2)7-3-4-19-5-7/h7H,3-5,11H2,1-2H3,(H,12,13,14). The summed E-state index contributed by atoms with van der Waals surface area (Å²) < 4.78 is 5.29. The SMILES string of the molecule is Cc1nc(NN)nc(N(C)C2CCOC2)c1[N+](=O)[O-]. The number of ether oxygens (including phenoxy) is 1. The number of aromatic nitrogens is 2. The Balaban J connectivity index is 2.45. The van der Waals surface area contributed by atoms with E-state index < -0.39 is 4.92 Å². The summed E-state index contributed by atoms with van der Waals surface area (Å²) in [4.78, 5) is 20.5. The molecule has 0 radical (unpaired) electrons. The maximum absolute atomic E-state index is 11.2. The Morgan fingerprint density at radius 3 is 2.84 bits per heavy atom. The number of nitro groups is 1. The highest BCUT2D eigenvalue weighted by atomic mass is 16.6. The number of nitrogens with two attached hydrogens (primary N) is 1. The van der Waals surface area contributed by atoms with Crippen molar-refractivity contribution in [2.45, 2.75) is 19.4 Å². The number of hydrogen-bond acceptors (Lipinski definition) is 8. The van der Waals surface area contributed by atoms with Gasteiger partial charge in [0.15, 0.2) is 0 Å². The summed E-state index contributed by atoms with van der Waals surface area (Å²) in [6, 6.07) is 0.0682. The Labute approximate surface area is 109 Å². The number of anilines is 2. The molecular formula is C10H16N6O3. The van der Waals surface area contributed by atoms with Crippen LogP contribution in [0.2, 0.25) is 0 Å². The first-order chi connectivity index (χ1) is 9.04. The molecule has 2 heterocycles. The third-order valence-corrected chi connectivity index (χ3v) is 3.14. The van der Waals surface area contributed by atoms with E-state index in [9.17, 15) is 10.1 Å². The number of nitrogens with zero attached hydrogens (tertiary/aromatic N) is 4. The van der Waals surface area contributed by atoms with Gasteiger partial charge in [-0.3, -0.25) is 15.5 Å². The smallest absolute Gasteiger partial charge is 0.332 e. The second-order valence-electron chi connectivity index (χ2n) is 4.33. The van der Waals surface area contributed by atoms with E-state index in [1.165, 1.54) is 0 Å². The van der Waals surface area contributed by atoms with Gasteiger partial charge < -0.3 is 9.64 Å². The highest BCUT2D eigenvalue weighted by Crippen LogP contribution is 2.31. The molecule has 1 aliphatic rings. The van der Waals surface area contributed by atoms with Crippen molar-refractivity contribution in [2.24, 2.45) is 5.84 Å². The summed E-state index contributed by atoms with van der Waals surface area (Å²) in [5.41, 5.74) is 2.49. The summed E-state index contributed by atoms with van der Waals surface area (Å²) in [6.45, 7) is 2.74. The second kappa shape index (κ2) is 5.33. The van der Waals surface area contributed by atoms with Crippen molar-refractivity contribution in [2.75, 3.05) is 30.6 Å². The lowest BCUT2D eigenvalue weighted by Crippen LogP contribution is -2.33. The van der Waals surface area contributed by atoms with Crippen LogP contribution < -0.4 is 16.2 Å². The third-order valence-electron chi connectivity index (χ3n) is 3.14. The van der Waals surface area contributed by atoms with E-state index in [1.54, 1.807) is 18.9 Å². The van der Waals surface area contributed by atoms with Crippen molar-refractivity contribution < 1.29 is 9.66 Å². The Hall–Kier alpha value is -2.00. The molecule has 1 unspecified atom stereocenters. The predicted octanol–water partition coefficient (Wildman–Crippen LogP) is 0.204. The van der Waals surface area contributed by atoms with Gasteiger partial charge >= 0.3 is 5.69 Å². The minimum atomic E-state index is -0.475. The molecule has 0 amide bonds. The quantitative estimate of drug-likeness (QED) is 0.451. The van der Waals surface area contributed by atoms with Gasteiger partial charge in [-0.2, -0.15) is 4.98 Å². The highest BCUT2D eigenvalue weighted by molar-refractivity contribution is 5.62. The molecule has 0 aliphatic carbocycles. The summed E-state index contributed by atoms with van der Waals surface area (Å²) in [5, 5.41) is 11.2. The van der Waals surface area contributed by atoms with Crippen LogP contribution in [0.15, 0.2) is 0 Å². The zero-order valence-corrected chi connectivity index (χ0v) is 10.8. The van der Waals surface area contributed by atoms with Crippen LogP contribution in [0.1, 0.15) is 12.1 Å². The van der Waals surface area contributed by atoms with Crippen LogP contribution >= 0.6 is 0 Å². The monoisotopic (exact) mass is 268 g/mol. The fourth-order valence-electron chi connectivity index (χ4n) is 2.08. The van der Waals surface area contributed by atoms with Crippen LogP contribution in [0.3, 0.4) is 0 Å². The van der Waals surface area contributed by atoms with E-state index in [2.05, 4.69) is 15.4 Å². The molecule has 1 aliphatic heterocycles. The molecule has 0 saturated carbocycles. The van der Waals surface area contributed by atoms with Gasteiger partial charge in [0.05, 0.1) is 17.6 Å². The number of likely N-dealkylation sites (N-methyl/N-ethyl adjacent to an activating group) is 1. The van der Waals surface area contributed by atoms with Gasteiger partial charge in [-0.1, -0.05) is 0 Å². The van der Waals surface area contributed by atoms with Crippen molar-refractivity contribution >= 4 is 17.5 Å². The summed E-state index contributed by atoms with van der Waals surface area (Å²) >= 11 is 0. The van der Waals surface area contributed by atoms with E-state index in [-0.39, 0.29) is 29.2 Å². The normalized spacial score (nSPS) is 18.4. The number of hydrazine groups is 1. The van der Waals surface area contributed by atoms with Crippen molar-refractivity contribution in [3.8, 4) is 0 Å². The van der Waals surface area contributed by atoms with E-state index in [0.29, 0.717) is 13.2 Å². The van der Waals surface area contributed by atoms with Gasteiger partial charge in [-0.15, -0.1) is 0 Å². The molecule has 0 bridgehead atoms. The molecule has 19 heavy (non-hydrogen) atoms. The molecule has 3 N–H and O–H groups in total. The second-order valence-corrected chi connectivity index (χ2v) is 4.33. The number of hydrogen-bond donors (Lipinski definition) is 2. The maximum atomic E-state index is 11.2. The third kappa shape index (κ3) is 2.56. The van der Waals surface area contributed by atoms with Crippen molar-refractivity contribution in [1.82, 2.24) is 9.97 Å². The lowest BCUT2D eigenvalue weighted by Gasteiger charge is -2.24. The van der Waals surface area contributed by atoms with Crippen molar-refractivity contribution in [1.29, 1.82) is 0 Å². The Kier molecular flexibility index (Phi) is 3.76. The molecular weight excluding hydrogens is 252 g/mol. The Morgan fingerprint density at radius 2 is 2.32 bits per heavy atom. The molecule has 1 fully saturated rings. The Morgan fingerprint density at radius 1 is 1.58 bits per heavy atom. The molecule has 1 atom stereocenters. The van der Waals surface area contributed by atoms with E-state index in [0.717, 1.165) is 6.42 Å². The first-order valence-corrected chi connectivity index (χ1v) is 5.84. The molecule has 9 heteroatoms. The number of aryl methyl sites for hydroxylation is 1. The van der Waals surface area contributed by atoms with Gasteiger partial charge in [0.2, 0.25) is 11.8 Å². The van der Waals surface area contributed by atoms with Crippen LogP contribution in [0.4, 0.5) is 17.5 Å². The number of rotatable bonds is 4. The minimum absolute atomic E-state index is 0.0682. The van der Waals surface area contributed by atoms with Gasteiger partial charge in [-0.05, 0) is 13.3 Å². The summed E-state index contributed by atoms with van der Waals surface area (Å²) in [7, 11) is 1.76. The maximum Gasteiger partial charge on any atom is 0.332 e. The lowest BCUT2D eigenvalue weighted by molar-refractivity contribution is -0.385. The van der Waals surface area contributed by atoms with E-state index >= 15 is 0 Å². The van der Waals surface area contributed by atoms with Crippen LogP contribution in [-0.2, 0) is 4.74 Å². The molecule has 1 aromatic rings. The average molecular weight is 268 g/mol. The Bertz CT molecular complexity index is 488. The fraction of sp³-hybridized carbons (Fsp3) is 0.600. The zero-order valence-electron chi connectivity index (χ0n) is 10.8. The van der Waals surface area contributed by atoms with Crippen molar-refractivity contribution in [3.63, 3.8) is 0 Å². The molecule has 0 spiro atoms. The molecule has 104 valence electrons. The zero-order chi connectivity index (χ0) is 14.0. The first kappa shape index (κ1) is 13.4. The van der Waals surface area contributed by atoms with Crippen molar-refractivity contribution in [3.05, 3.63) is 15.8 Å². The molecule has 1 saturated heterocycles. The fourth-order valence-corrected chi connectivity index (χ4v) is 2.08. The molecule has 2 rings (SSSR count). The largest absolute Gasteiger partial charge is 0.379 e. The summed E-state index contributed by atoms with van der Waals surface area (Å²) in [6.07, 6.45) is 0.808. The van der Waals surface area contributed by atoms with Gasteiger partial charge in [0, 0.05) is 13.7 Å². The topological polar surface area (TPSA) is 119 Å². The number of nitrogen functional groups attached to an aromatic ring is 1. The first-order valence-electron chi connectivity index (χ1n) is 5.84. The van der Waals surface area contributed by atoms with Crippen LogP contribution in [0.25, 0.3) is 0 Å². The van der Waals surface area contributed by atoms with Gasteiger partial charge in [-0.25, -0.2) is 10.8 Å². The molecule has 0 aromatic carbocycles. The number of nitrogens with one attached hydrogen (secondary N) is 1. The molecule has 1 aromatic heterocycles. The minimum Gasteiger partial charge on any atom is -0.379 e. The predicted molar refractivity (Wildman–Crippen MR) is 68.9 cm³/mol.